The van der Waals surface area contributed by atoms with E-state index >= 15 is 0 Å². The summed E-state index contributed by atoms with van der Waals surface area (Å²) in [5.41, 5.74) is 0. The molecule has 2 aliphatic heterocycles. The average Bonchev–Trinajstić information content (AvgIpc) is 2.28. The van der Waals surface area contributed by atoms with Gasteiger partial charge >= 0.3 is 0 Å². The summed E-state index contributed by atoms with van der Waals surface area (Å²) in [5.74, 6) is 4.98. The topological polar surface area (TPSA) is 12.0 Å². The highest BCUT2D eigenvalue weighted by Gasteiger charge is 2.28. The first-order chi connectivity index (χ1) is 4.97. The minimum Gasteiger partial charge on any atom is -0.317 e. The molecule has 58 valence electrons. The molecule has 0 aromatic heterocycles. The molecule has 0 amide bonds. The van der Waals surface area contributed by atoms with Gasteiger partial charge in [0.25, 0.3) is 0 Å². The van der Waals surface area contributed by atoms with Gasteiger partial charge in [0.1, 0.15) is 0 Å². The van der Waals surface area contributed by atoms with Gasteiger partial charge in [0, 0.05) is 0 Å². The molecule has 0 radical (unpaired) electrons. The summed E-state index contributed by atoms with van der Waals surface area (Å²) in [5, 5.41) is 3.47. The Hall–Kier alpha value is 0.310. The predicted octanol–water partition coefficient (Wildman–Crippen LogP) is 1.35. The zero-order chi connectivity index (χ0) is 6.81. The van der Waals surface area contributed by atoms with Crippen LogP contribution in [0.1, 0.15) is 12.8 Å². The van der Waals surface area contributed by atoms with Crippen molar-refractivity contribution in [1.82, 2.24) is 5.32 Å². The van der Waals surface area contributed by atoms with Crippen LogP contribution in [0.2, 0.25) is 0 Å². The maximum absolute atomic E-state index is 3.47. The lowest BCUT2D eigenvalue weighted by molar-refractivity contribution is 0.409. The highest BCUT2D eigenvalue weighted by Crippen LogP contribution is 2.34. The lowest BCUT2D eigenvalue weighted by Crippen LogP contribution is -2.14. The summed E-state index contributed by atoms with van der Waals surface area (Å²) in [4.78, 5) is 0. The summed E-state index contributed by atoms with van der Waals surface area (Å²) in [7, 11) is 0. The number of thioether (sulfide) groups is 1. The molecule has 2 heteroatoms. The molecule has 1 N–H and O–H groups in total. The van der Waals surface area contributed by atoms with Crippen LogP contribution in [0.3, 0.4) is 0 Å². The predicted molar refractivity (Wildman–Crippen MR) is 46.4 cm³/mol. The average molecular weight is 157 g/mol. The smallest absolute Gasteiger partial charge is 0.00356 e. The number of hydrogen-bond donors (Lipinski definition) is 1. The van der Waals surface area contributed by atoms with E-state index in [2.05, 4.69) is 17.1 Å². The van der Waals surface area contributed by atoms with Gasteiger partial charge in [-0.15, -0.1) is 0 Å². The molecule has 0 aromatic rings. The van der Waals surface area contributed by atoms with Gasteiger partial charge < -0.3 is 5.32 Å². The minimum atomic E-state index is 1.06. The Balaban J connectivity index is 1.95. The monoisotopic (exact) mass is 157 g/mol. The van der Waals surface area contributed by atoms with Crippen LogP contribution in [0.5, 0.6) is 0 Å². The lowest BCUT2D eigenvalue weighted by Gasteiger charge is -2.12. The number of nitrogens with one attached hydrogen (secondary N) is 1. The van der Waals surface area contributed by atoms with Gasteiger partial charge in [0.15, 0.2) is 0 Å². The third-order valence-electron chi connectivity index (χ3n) is 2.71. The number of hydrogen-bond acceptors (Lipinski definition) is 2. The Bertz CT molecular complexity index is 104. The SMILES string of the molecule is C1CC2CSCC2CCN1. The first-order valence-corrected chi connectivity index (χ1v) is 5.41. The molecular formula is C8H15NS. The summed E-state index contributed by atoms with van der Waals surface area (Å²) < 4.78 is 0. The molecule has 1 nitrogen and oxygen atoms in total. The first kappa shape index (κ1) is 6.99. The van der Waals surface area contributed by atoms with Crippen molar-refractivity contribution in [3.8, 4) is 0 Å². The molecule has 0 aliphatic carbocycles. The highest BCUT2D eigenvalue weighted by atomic mass is 32.2. The summed E-state index contributed by atoms with van der Waals surface area (Å²) in [6.45, 7) is 2.53. The fourth-order valence-corrected chi connectivity index (χ4v) is 3.60. The van der Waals surface area contributed by atoms with Crippen molar-refractivity contribution in [2.24, 2.45) is 11.8 Å². The summed E-state index contributed by atoms with van der Waals surface area (Å²) in [6, 6.07) is 0. The Labute approximate surface area is 67.0 Å². The van der Waals surface area contributed by atoms with Crippen molar-refractivity contribution < 1.29 is 0 Å². The van der Waals surface area contributed by atoms with Crippen molar-refractivity contribution in [2.75, 3.05) is 24.6 Å². The van der Waals surface area contributed by atoms with Crippen molar-refractivity contribution >= 4 is 11.8 Å². The Morgan fingerprint density at radius 3 is 2.20 bits per heavy atom. The van der Waals surface area contributed by atoms with Crippen LogP contribution in [0.15, 0.2) is 0 Å². The van der Waals surface area contributed by atoms with Crippen LogP contribution >= 0.6 is 11.8 Å². The van der Waals surface area contributed by atoms with E-state index in [0.717, 1.165) is 11.8 Å². The van der Waals surface area contributed by atoms with Crippen molar-refractivity contribution in [2.45, 2.75) is 12.8 Å². The molecule has 2 fully saturated rings. The number of rotatable bonds is 0. The Kier molecular flexibility index (Phi) is 2.19. The van der Waals surface area contributed by atoms with Crippen LogP contribution in [0.25, 0.3) is 0 Å². The molecule has 10 heavy (non-hydrogen) atoms. The zero-order valence-electron chi connectivity index (χ0n) is 6.31. The molecule has 0 saturated carbocycles. The highest BCUT2D eigenvalue weighted by molar-refractivity contribution is 7.99. The maximum Gasteiger partial charge on any atom is -0.00356 e. The summed E-state index contributed by atoms with van der Waals surface area (Å²) in [6.07, 6.45) is 2.86. The molecule has 2 unspecified atom stereocenters. The van der Waals surface area contributed by atoms with E-state index in [9.17, 15) is 0 Å². The van der Waals surface area contributed by atoms with Crippen LogP contribution in [-0.4, -0.2) is 24.6 Å². The lowest BCUT2D eigenvalue weighted by atomic mass is 9.92. The molecule has 0 bridgehead atoms. The first-order valence-electron chi connectivity index (χ1n) is 4.25. The van der Waals surface area contributed by atoms with Crippen LogP contribution in [-0.2, 0) is 0 Å². The molecule has 0 aromatic carbocycles. The Morgan fingerprint density at radius 1 is 1.00 bits per heavy atom. The molecule has 2 rings (SSSR count). The van der Waals surface area contributed by atoms with Crippen molar-refractivity contribution in [3.05, 3.63) is 0 Å². The fraction of sp³-hybridized carbons (Fsp3) is 1.00. The molecule has 2 atom stereocenters. The second kappa shape index (κ2) is 3.14. The van der Waals surface area contributed by atoms with Crippen LogP contribution in [0.4, 0.5) is 0 Å². The van der Waals surface area contributed by atoms with Gasteiger partial charge in [-0.05, 0) is 49.3 Å². The largest absolute Gasteiger partial charge is 0.317 e. The fourth-order valence-electron chi connectivity index (χ4n) is 1.98. The Morgan fingerprint density at radius 2 is 1.60 bits per heavy atom. The van der Waals surface area contributed by atoms with E-state index in [4.69, 9.17) is 0 Å². The van der Waals surface area contributed by atoms with Gasteiger partial charge in [-0.1, -0.05) is 0 Å². The maximum atomic E-state index is 3.47. The van der Waals surface area contributed by atoms with Gasteiger partial charge in [0.2, 0.25) is 0 Å². The molecule has 2 heterocycles. The molecule has 0 spiro atoms. The van der Waals surface area contributed by atoms with Crippen LogP contribution < -0.4 is 5.32 Å². The quantitative estimate of drug-likeness (QED) is 0.569. The number of fused-ring (bicyclic) bond motifs is 1. The van der Waals surface area contributed by atoms with E-state index in [0.29, 0.717) is 0 Å². The van der Waals surface area contributed by atoms with E-state index in [-0.39, 0.29) is 0 Å². The second-order valence-electron chi connectivity index (χ2n) is 3.38. The summed E-state index contributed by atoms with van der Waals surface area (Å²) >= 11 is 2.16. The van der Waals surface area contributed by atoms with E-state index < -0.39 is 0 Å². The molecular weight excluding hydrogens is 142 g/mol. The van der Waals surface area contributed by atoms with Crippen LogP contribution in [0, 0.1) is 11.8 Å². The van der Waals surface area contributed by atoms with E-state index in [1.54, 1.807) is 0 Å². The van der Waals surface area contributed by atoms with Crippen molar-refractivity contribution in [1.29, 1.82) is 0 Å². The molecule has 2 aliphatic rings. The third kappa shape index (κ3) is 1.32. The van der Waals surface area contributed by atoms with Gasteiger partial charge in [-0.25, -0.2) is 0 Å². The minimum absolute atomic E-state index is 1.06. The molecule has 2 saturated heterocycles. The van der Waals surface area contributed by atoms with E-state index in [1.807, 2.05) is 0 Å². The zero-order valence-corrected chi connectivity index (χ0v) is 7.12. The van der Waals surface area contributed by atoms with E-state index in [1.165, 1.54) is 37.4 Å². The van der Waals surface area contributed by atoms with Crippen molar-refractivity contribution in [3.63, 3.8) is 0 Å². The van der Waals surface area contributed by atoms with Gasteiger partial charge in [-0.3, -0.25) is 0 Å². The van der Waals surface area contributed by atoms with Gasteiger partial charge in [0.05, 0.1) is 0 Å². The normalized spacial score (nSPS) is 40.8. The third-order valence-corrected chi connectivity index (χ3v) is 4.04. The standard InChI is InChI=1S/C8H15NS/c1-3-9-4-2-8-6-10-5-7(1)8/h7-9H,1-6H2. The second-order valence-corrected chi connectivity index (χ2v) is 4.46. The van der Waals surface area contributed by atoms with Gasteiger partial charge in [-0.2, -0.15) is 11.8 Å².